The van der Waals surface area contributed by atoms with E-state index in [-0.39, 0.29) is 5.54 Å². The highest BCUT2D eigenvalue weighted by atomic mass is 15.1. The lowest BCUT2D eigenvalue weighted by Gasteiger charge is -2.28. The van der Waals surface area contributed by atoms with E-state index in [0.717, 1.165) is 19.6 Å². The Bertz CT molecular complexity index is 163. The van der Waals surface area contributed by atoms with E-state index in [2.05, 4.69) is 64.2 Å². The van der Waals surface area contributed by atoms with Gasteiger partial charge in [-0.3, -0.25) is 0 Å². The van der Waals surface area contributed by atoms with Crippen molar-refractivity contribution in [3.8, 4) is 0 Å². The Morgan fingerprint density at radius 1 is 1.06 bits per heavy atom. The molecule has 0 radical (unpaired) electrons. The minimum atomic E-state index is 0.223. The molecule has 0 aliphatic rings. The van der Waals surface area contributed by atoms with Crippen LogP contribution in [0.25, 0.3) is 0 Å². The highest BCUT2D eigenvalue weighted by Gasteiger charge is 2.14. The molecule has 1 atom stereocenters. The molecule has 0 saturated carbocycles. The van der Waals surface area contributed by atoms with E-state index < -0.39 is 0 Å². The van der Waals surface area contributed by atoms with Crippen LogP contribution in [-0.4, -0.2) is 50.2 Å². The van der Waals surface area contributed by atoms with Crippen LogP contribution in [0.1, 0.15) is 34.6 Å². The second kappa shape index (κ2) is 7.25. The maximum absolute atomic E-state index is 3.52. The lowest BCUT2D eigenvalue weighted by atomic mass is 10.0. The number of nitrogens with zero attached hydrogens (tertiary/aromatic N) is 1. The third-order valence-corrected chi connectivity index (χ3v) is 2.74. The number of rotatable bonds is 7. The molecule has 0 aromatic heterocycles. The first-order chi connectivity index (χ1) is 7.24. The molecule has 0 fully saturated rings. The summed E-state index contributed by atoms with van der Waals surface area (Å²) in [6.45, 7) is 14.3. The minimum absolute atomic E-state index is 0.223. The van der Waals surface area contributed by atoms with Gasteiger partial charge in [-0.15, -0.1) is 0 Å². The second-order valence-corrected chi connectivity index (χ2v) is 6.16. The van der Waals surface area contributed by atoms with Crippen molar-refractivity contribution in [3.63, 3.8) is 0 Å². The van der Waals surface area contributed by atoms with E-state index in [1.807, 2.05) is 0 Å². The van der Waals surface area contributed by atoms with Gasteiger partial charge in [-0.2, -0.15) is 0 Å². The molecule has 3 nitrogen and oxygen atoms in total. The van der Waals surface area contributed by atoms with Gasteiger partial charge >= 0.3 is 0 Å². The first-order valence-corrected chi connectivity index (χ1v) is 6.36. The average Bonchev–Trinajstić information content (AvgIpc) is 2.07. The summed E-state index contributed by atoms with van der Waals surface area (Å²) in [6, 6.07) is 0.620. The molecular formula is C13H31N3. The number of hydrogen-bond acceptors (Lipinski definition) is 3. The maximum atomic E-state index is 3.52. The van der Waals surface area contributed by atoms with Crippen LogP contribution >= 0.6 is 0 Å². The highest BCUT2D eigenvalue weighted by molar-refractivity contribution is 4.74. The van der Waals surface area contributed by atoms with E-state index >= 15 is 0 Å². The monoisotopic (exact) mass is 229 g/mol. The molecule has 3 heteroatoms. The molecule has 1 unspecified atom stereocenters. The van der Waals surface area contributed by atoms with Crippen LogP contribution in [0.5, 0.6) is 0 Å². The van der Waals surface area contributed by atoms with Gasteiger partial charge in [-0.25, -0.2) is 0 Å². The van der Waals surface area contributed by atoms with Crippen molar-refractivity contribution in [1.82, 2.24) is 15.5 Å². The van der Waals surface area contributed by atoms with Crippen molar-refractivity contribution in [1.29, 1.82) is 0 Å². The lowest BCUT2D eigenvalue weighted by molar-refractivity contribution is 0.224. The van der Waals surface area contributed by atoms with Gasteiger partial charge in [-0.1, -0.05) is 13.8 Å². The summed E-state index contributed by atoms with van der Waals surface area (Å²) in [4.78, 5) is 2.30. The van der Waals surface area contributed by atoms with Crippen LogP contribution in [0.2, 0.25) is 0 Å². The zero-order valence-corrected chi connectivity index (χ0v) is 12.2. The maximum Gasteiger partial charge on any atom is 0.0237 e. The largest absolute Gasteiger partial charge is 0.314 e. The Morgan fingerprint density at radius 2 is 1.62 bits per heavy atom. The standard InChI is InChI=1S/C13H31N3/c1-11(2)12(16(6)7)10-14-8-9-15-13(3,4)5/h11-12,14-15H,8-10H2,1-7H3. The first kappa shape index (κ1) is 15.9. The molecular weight excluding hydrogens is 198 g/mol. The van der Waals surface area contributed by atoms with Crippen molar-refractivity contribution >= 4 is 0 Å². The summed E-state index contributed by atoms with van der Waals surface area (Å²) in [6.07, 6.45) is 0. The SMILES string of the molecule is CC(C)C(CNCCNC(C)(C)C)N(C)C. The van der Waals surface area contributed by atoms with Crippen molar-refractivity contribution < 1.29 is 0 Å². The number of likely N-dealkylation sites (N-methyl/N-ethyl adjacent to an activating group) is 1. The molecule has 98 valence electrons. The summed E-state index contributed by atoms with van der Waals surface area (Å²) in [5, 5.41) is 6.99. The van der Waals surface area contributed by atoms with E-state index in [9.17, 15) is 0 Å². The third-order valence-electron chi connectivity index (χ3n) is 2.74. The van der Waals surface area contributed by atoms with Gasteiger partial charge in [-0.05, 0) is 40.8 Å². The van der Waals surface area contributed by atoms with Crippen LogP contribution < -0.4 is 10.6 Å². The molecule has 0 rings (SSSR count). The smallest absolute Gasteiger partial charge is 0.0237 e. The summed E-state index contributed by atoms with van der Waals surface area (Å²) < 4.78 is 0. The Labute approximate surface area is 102 Å². The molecule has 0 aliphatic carbocycles. The predicted octanol–water partition coefficient (Wildman–Crippen LogP) is 1.55. The zero-order valence-electron chi connectivity index (χ0n) is 12.2. The van der Waals surface area contributed by atoms with Crippen molar-refractivity contribution in [3.05, 3.63) is 0 Å². The summed E-state index contributed by atoms with van der Waals surface area (Å²) >= 11 is 0. The number of nitrogens with one attached hydrogen (secondary N) is 2. The van der Waals surface area contributed by atoms with E-state index in [4.69, 9.17) is 0 Å². The summed E-state index contributed by atoms with van der Waals surface area (Å²) in [5.41, 5.74) is 0.223. The molecule has 0 aromatic rings. The second-order valence-electron chi connectivity index (χ2n) is 6.16. The molecule has 0 aromatic carbocycles. The van der Waals surface area contributed by atoms with E-state index in [0.29, 0.717) is 12.0 Å². The third kappa shape index (κ3) is 8.08. The fourth-order valence-electron chi connectivity index (χ4n) is 1.79. The van der Waals surface area contributed by atoms with Gasteiger partial charge in [0.1, 0.15) is 0 Å². The molecule has 0 aliphatic heterocycles. The molecule has 0 amide bonds. The molecule has 0 spiro atoms. The Kier molecular flexibility index (Phi) is 7.20. The lowest BCUT2D eigenvalue weighted by Crippen LogP contribution is -2.45. The van der Waals surface area contributed by atoms with Crippen LogP contribution in [0.4, 0.5) is 0 Å². The quantitative estimate of drug-likeness (QED) is 0.649. The Morgan fingerprint density at radius 3 is 2.00 bits per heavy atom. The molecule has 0 heterocycles. The van der Waals surface area contributed by atoms with Crippen LogP contribution in [0.3, 0.4) is 0 Å². The average molecular weight is 229 g/mol. The predicted molar refractivity (Wildman–Crippen MR) is 72.9 cm³/mol. The van der Waals surface area contributed by atoms with Gasteiger partial charge in [0.05, 0.1) is 0 Å². The first-order valence-electron chi connectivity index (χ1n) is 6.36. The van der Waals surface area contributed by atoms with E-state index in [1.54, 1.807) is 0 Å². The minimum Gasteiger partial charge on any atom is -0.314 e. The van der Waals surface area contributed by atoms with Crippen molar-refractivity contribution in [2.24, 2.45) is 5.92 Å². The Hall–Kier alpha value is -0.120. The van der Waals surface area contributed by atoms with E-state index in [1.165, 1.54) is 0 Å². The normalized spacial score (nSPS) is 14.8. The van der Waals surface area contributed by atoms with Gasteiger partial charge in [0.25, 0.3) is 0 Å². The highest BCUT2D eigenvalue weighted by Crippen LogP contribution is 2.05. The van der Waals surface area contributed by atoms with Gasteiger partial charge in [0.15, 0.2) is 0 Å². The van der Waals surface area contributed by atoms with Crippen LogP contribution in [0.15, 0.2) is 0 Å². The summed E-state index contributed by atoms with van der Waals surface area (Å²) in [7, 11) is 4.31. The topological polar surface area (TPSA) is 27.3 Å². The van der Waals surface area contributed by atoms with Gasteiger partial charge in [0, 0.05) is 31.2 Å². The van der Waals surface area contributed by atoms with Crippen molar-refractivity contribution in [2.45, 2.75) is 46.2 Å². The van der Waals surface area contributed by atoms with Gasteiger partial charge in [0.2, 0.25) is 0 Å². The van der Waals surface area contributed by atoms with Crippen LogP contribution in [-0.2, 0) is 0 Å². The van der Waals surface area contributed by atoms with Gasteiger partial charge < -0.3 is 15.5 Å². The fraction of sp³-hybridized carbons (Fsp3) is 1.00. The van der Waals surface area contributed by atoms with Crippen molar-refractivity contribution in [2.75, 3.05) is 33.7 Å². The molecule has 2 N–H and O–H groups in total. The molecule has 16 heavy (non-hydrogen) atoms. The number of hydrogen-bond donors (Lipinski definition) is 2. The summed E-state index contributed by atoms with van der Waals surface area (Å²) in [5.74, 6) is 0.693. The zero-order chi connectivity index (χ0) is 12.8. The molecule has 0 saturated heterocycles. The fourth-order valence-corrected chi connectivity index (χ4v) is 1.79. The molecule has 0 bridgehead atoms. The van der Waals surface area contributed by atoms with Crippen LogP contribution in [0, 0.1) is 5.92 Å². The Balaban J connectivity index is 3.64.